The highest BCUT2D eigenvalue weighted by Crippen LogP contribution is 2.08. The van der Waals surface area contributed by atoms with Crippen LogP contribution in [0, 0.1) is 34.5 Å². The van der Waals surface area contributed by atoms with Crippen LogP contribution in [0.2, 0.25) is 0 Å². The summed E-state index contributed by atoms with van der Waals surface area (Å²) in [6.07, 6.45) is 0.359. The highest BCUT2D eigenvalue weighted by molar-refractivity contribution is 5.48. The first kappa shape index (κ1) is 12.4. The molecule has 2 aromatic rings. The van der Waals surface area contributed by atoms with Crippen LogP contribution in [-0.4, -0.2) is 0 Å². The second-order valence-corrected chi connectivity index (χ2v) is 3.93. The molecule has 0 aliphatic carbocycles. The monoisotopic (exact) mass is 242 g/mol. The van der Waals surface area contributed by atoms with Crippen molar-refractivity contribution in [2.75, 3.05) is 0 Å². The van der Waals surface area contributed by atoms with E-state index in [-0.39, 0.29) is 0 Å². The van der Waals surface area contributed by atoms with Gasteiger partial charge in [-0.1, -0.05) is 30.0 Å². The highest BCUT2D eigenvalue weighted by Gasteiger charge is 1.97. The van der Waals surface area contributed by atoms with Crippen molar-refractivity contribution < 1.29 is 0 Å². The van der Waals surface area contributed by atoms with E-state index in [4.69, 9.17) is 10.5 Å². The fourth-order valence-electron chi connectivity index (χ4n) is 1.65. The number of benzene rings is 2. The van der Waals surface area contributed by atoms with Crippen molar-refractivity contribution in [2.24, 2.45) is 0 Å². The molecule has 0 spiro atoms. The summed E-state index contributed by atoms with van der Waals surface area (Å²) >= 11 is 0. The minimum absolute atomic E-state index is 0.359. The molecule has 2 heteroatoms. The van der Waals surface area contributed by atoms with Gasteiger partial charge in [0, 0.05) is 11.1 Å². The fraction of sp³-hybridized carbons (Fsp3) is 0.0588. The number of nitrogens with zero attached hydrogens (tertiary/aromatic N) is 2. The molecular formula is C17H10N2. The van der Waals surface area contributed by atoms with Gasteiger partial charge in [0.25, 0.3) is 0 Å². The van der Waals surface area contributed by atoms with E-state index < -0.39 is 0 Å². The summed E-state index contributed by atoms with van der Waals surface area (Å²) in [5, 5.41) is 17.5. The molecule has 0 N–H and O–H groups in total. The summed E-state index contributed by atoms with van der Waals surface area (Å²) in [6, 6.07) is 18.9. The van der Waals surface area contributed by atoms with Crippen molar-refractivity contribution >= 4 is 0 Å². The highest BCUT2D eigenvalue weighted by atomic mass is 14.2. The normalized spacial score (nSPS) is 8.74. The molecule has 88 valence electrons. The van der Waals surface area contributed by atoms with E-state index in [1.165, 1.54) is 0 Å². The molecule has 0 bridgehead atoms. The van der Waals surface area contributed by atoms with E-state index in [0.29, 0.717) is 12.0 Å². The molecule has 2 rings (SSSR count). The van der Waals surface area contributed by atoms with Crippen molar-refractivity contribution in [3.8, 4) is 24.0 Å². The second kappa shape index (κ2) is 6.06. The minimum atomic E-state index is 0.359. The first-order valence-electron chi connectivity index (χ1n) is 5.80. The minimum Gasteiger partial charge on any atom is -0.198 e. The zero-order valence-corrected chi connectivity index (χ0v) is 10.2. The average Bonchev–Trinajstić information content (AvgIpc) is 2.47. The lowest BCUT2D eigenvalue weighted by Gasteiger charge is -1.98. The molecule has 0 aliphatic rings. The van der Waals surface area contributed by atoms with Gasteiger partial charge in [-0.05, 0) is 35.9 Å². The number of hydrogen-bond donors (Lipinski definition) is 0. The Bertz CT molecular complexity index is 717. The van der Waals surface area contributed by atoms with Crippen LogP contribution in [0.15, 0.2) is 48.5 Å². The van der Waals surface area contributed by atoms with Crippen LogP contribution in [0.4, 0.5) is 0 Å². The molecule has 0 saturated heterocycles. The third kappa shape index (κ3) is 3.22. The average molecular weight is 242 g/mol. The Hall–Kier alpha value is -3.02. The zero-order valence-electron chi connectivity index (χ0n) is 10.2. The Labute approximate surface area is 112 Å². The second-order valence-electron chi connectivity index (χ2n) is 3.93. The van der Waals surface area contributed by atoms with Crippen LogP contribution in [0.5, 0.6) is 0 Å². The molecule has 0 radical (unpaired) electrons. The van der Waals surface area contributed by atoms with Crippen molar-refractivity contribution in [3.63, 3.8) is 0 Å². The van der Waals surface area contributed by atoms with Gasteiger partial charge in [-0.3, -0.25) is 0 Å². The van der Waals surface area contributed by atoms with Gasteiger partial charge in [0.1, 0.15) is 0 Å². The van der Waals surface area contributed by atoms with Crippen LogP contribution in [-0.2, 0) is 6.42 Å². The Kier molecular flexibility index (Phi) is 3.97. The Morgan fingerprint density at radius 1 is 0.789 bits per heavy atom. The molecule has 0 fully saturated rings. The molecule has 19 heavy (non-hydrogen) atoms. The third-order valence-corrected chi connectivity index (χ3v) is 2.64. The lowest BCUT2D eigenvalue weighted by atomic mass is 10.0. The Morgan fingerprint density at radius 2 is 1.47 bits per heavy atom. The van der Waals surface area contributed by atoms with E-state index in [9.17, 15) is 0 Å². The third-order valence-electron chi connectivity index (χ3n) is 2.64. The quantitative estimate of drug-likeness (QED) is 0.721. The lowest BCUT2D eigenvalue weighted by molar-refractivity contribution is 1.25. The topological polar surface area (TPSA) is 47.6 Å². The first-order chi connectivity index (χ1) is 9.33. The molecule has 0 amide bonds. The van der Waals surface area contributed by atoms with Crippen LogP contribution in [0.3, 0.4) is 0 Å². The van der Waals surface area contributed by atoms with Crippen LogP contribution < -0.4 is 0 Å². The van der Waals surface area contributed by atoms with E-state index >= 15 is 0 Å². The fourth-order valence-corrected chi connectivity index (χ4v) is 1.65. The Morgan fingerprint density at radius 3 is 2.16 bits per heavy atom. The molecule has 0 aliphatic heterocycles. The lowest BCUT2D eigenvalue weighted by Crippen LogP contribution is -1.87. The van der Waals surface area contributed by atoms with Gasteiger partial charge in [-0.15, -0.1) is 0 Å². The summed E-state index contributed by atoms with van der Waals surface area (Å²) in [5.41, 5.74) is 3.28. The molecule has 0 unspecified atom stereocenters. The smallest absolute Gasteiger partial charge is 0.0991 e. The SMILES string of the molecule is N#CCc1ccccc1C#Cc1ccc(C#N)cc1. The van der Waals surface area contributed by atoms with Crippen LogP contribution >= 0.6 is 0 Å². The van der Waals surface area contributed by atoms with Gasteiger partial charge in [-0.25, -0.2) is 0 Å². The number of rotatable bonds is 1. The molecule has 2 nitrogen and oxygen atoms in total. The van der Waals surface area contributed by atoms with Crippen LogP contribution in [0.1, 0.15) is 22.3 Å². The summed E-state index contributed by atoms with van der Waals surface area (Å²) < 4.78 is 0. The van der Waals surface area contributed by atoms with Gasteiger partial charge in [0.15, 0.2) is 0 Å². The van der Waals surface area contributed by atoms with Crippen molar-refractivity contribution in [1.29, 1.82) is 10.5 Å². The predicted octanol–water partition coefficient (Wildman–Crippen LogP) is 3.02. The number of nitriles is 2. The summed E-state index contributed by atoms with van der Waals surface area (Å²) in [7, 11) is 0. The van der Waals surface area contributed by atoms with E-state index in [1.807, 2.05) is 36.4 Å². The molecule has 0 heterocycles. The van der Waals surface area contributed by atoms with E-state index in [2.05, 4.69) is 24.0 Å². The van der Waals surface area contributed by atoms with Gasteiger partial charge >= 0.3 is 0 Å². The van der Waals surface area contributed by atoms with Crippen LogP contribution in [0.25, 0.3) is 0 Å². The van der Waals surface area contributed by atoms with Crippen molar-refractivity contribution in [2.45, 2.75) is 6.42 Å². The molecule has 0 saturated carbocycles. The largest absolute Gasteiger partial charge is 0.198 e. The number of hydrogen-bond acceptors (Lipinski definition) is 2. The Balaban J connectivity index is 2.29. The van der Waals surface area contributed by atoms with Crippen molar-refractivity contribution in [3.05, 3.63) is 70.8 Å². The van der Waals surface area contributed by atoms with Gasteiger partial charge in [-0.2, -0.15) is 10.5 Å². The maximum Gasteiger partial charge on any atom is 0.0991 e. The zero-order chi connectivity index (χ0) is 13.5. The van der Waals surface area contributed by atoms with E-state index in [1.54, 1.807) is 12.1 Å². The maximum absolute atomic E-state index is 8.76. The summed E-state index contributed by atoms with van der Waals surface area (Å²) in [5.74, 6) is 6.11. The maximum atomic E-state index is 8.76. The predicted molar refractivity (Wildman–Crippen MR) is 72.9 cm³/mol. The summed E-state index contributed by atoms with van der Waals surface area (Å²) in [4.78, 5) is 0. The molecule has 2 aromatic carbocycles. The molecule has 0 atom stereocenters. The van der Waals surface area contributed by atoms with Gasteiger partial charge < -0.3 is 0 Å². The summed E-state index contributed by atoms with van der Waals surface area (Å²) in [6.45, 7) is 0. The first-order valence-corrected chi connectivity index (χ1v) is 5.80. The van der Waals surface area contributed by atoms with Crippen molar-refractivity contribution in [1.82, 2.24) is 0 Å². The standard InChI is InChI=1S/C17H10N2/c18-12-11-17-4-2-1-3-16(17)10-9-14-5-7-15(13-19)8-6-14/h1-8H,11H2. The molecule has 0 aromatic heterocycles. The molecular weight excluding hydrogens is 232 g/mol. The van der Waals surface area contributed by atoms with Gasteiger partial charge in [0.2, 0.25) is 0 Å². The van der Waals surface area contributed by atoms with E-state index in [0.717, 1.165) is 16.7 Å². The van der Waals surface area contributed by atoms with Gasteiger partial charge in [0.05, 0.1) is 24.1 Å².